The lowest BCUT2D eigenvalue weighted by molar-refractivity contribution is -0.141. The number of carboxylic acids is 1. The largest absolute Gasteiger partial charge is 0.481 e. The zero-order valence-corrected chi connectivity index (χ0v) is 12.7. The van der Waals surface area contributed by atoms with Crippen molar-refractivity contribution in [2.75, 3.05) is 26.2 Å². The number of hydrogen-bond donors (Lipinski definition) is 1. The Kier molecular flexibility index (Phi) is 4.48. The molecule has 2 atom stereocenters. The van der Waals surface area contributed by atoms with Crippen molar-refractivity contribution in [2.24, 2.45) is 11.8 Å². The van der Waals surface area contributed by atoms with Crippen molar-refractivity contribution in [1.29, 1.82) is 0 Å². The van der Waals surface area contributed by atoms with Crippen molar-refractivity contribution in [3.05, 3.63) is 0 Å². The van der Waals surface area contributed by atoms with Gasteiger partial charge in [0.15, 0.2) is 0 Å². The molecule has 3 aliphatic rings. The predicted octanol–water partition coefficient (Wildman–Crippen LogP) is 1.57. The monoisotopic (exact) mass is 294 g/mol. The number of carboxylic acid groups (broad SMARTS) is 1. The highest BCUT2D eigenvalue weighted by Crippen LogP contribution is 2.33. The molecule has 118 valence electrons. The van der Waals surface area contributed by atoms with Gasteiger partial charge in [-0.25, -0.2) is 0 Å². The van der Waals surface area contributed by atoms with Gasteiger partial charge < -0.3 is 14.9 Å². The van der Waals surface area contributed by atoms with Crippen LogP contribution in [0, 0.1) is 11.8 Å². The van der Waals surface area contributed by atoms with Crippen LogP contribution >= 0.6 is 0 Å². The van der Waals surface area contributed by atoms with Gasteiger partial charge in [0.05, 0.1) is 5.92 Å². The van der Waals surface area contributed by atoms with Crippen molar-refractivity contribution in [1.82, 2.24) is 9.80 Å². The number of rotatable bonds is 3. The van der Waals surface area contributed by atoms with Gasteiger partial charge in [0.1, 0.15) is 0 Å². The summed E-state index contributed by atoms with van der Waals surface area (Å²) in [5.74, 6) is -0.882. The molecule has 3 fully saturated rings. The number of aliphatic carboxylic acids is 1. The number of hydrogen-bond acceptors (Lipinski definition) is 3. The van der Waals surface area contributed by atoms with E-state index in [0.717, 1.165) is 32.4 Å². The van der Waals surface area contributed by atoms with E-state index < -0.39 is 5.97 Å². The minimum absolute atomic E-state index is 0.0468. The van der Waals surface area contributed by atoms with Crippen molar-refractivity contribution >= 4 is 11.9 Å². The van der Waals surface area contributed by atoms with Crippen LogP contribution in [0.2, 0.25) is 0 Å². The van der Waals surface area contributed by atoms with Crippen LogP contribution in [0.15, 0.2) is 0 Å². The Labute approximate surface area is 126 Å². The molecular weight excluding hydrogens is 268 g/mol. The van der Waals surface area contributed by atoms with Gasteiger partial charge in [-0.05, 0) is 58.0 Å². The molecule has 5 heteroatoms. The molecule has 0 bridgehead atoms. The Hall–Kier alpha value is -1.10. The SMILES string of the molecule is O=C(O)C1CCC(C(=O)N2CCC(N3CCCC3)CC2)C1. The molecule has 2 heterocycles. The average Bonchev–Trinajstić information content (AvgIpc) is 3.18. The quantitative estimate of drug-likeness (QED) is 0.858. The molecule has 3 rings (SSSR count). The summed E-state index contributed by atoms with van der Waals surface area (Å²) >= 11 is 0. The van der Waals surface area contributed by atoms with Crippen molar-refractivity contribution in [3.8, 4) is 0 Å². The molecule has 0 radical (unpaired) electrons. The zero-order chi connectivity index (χ0) is 14.8. The molecule has 0 aromatic rings. The summed E-state index contributed by atoms with van der Waals surface area (Å²) in [7, 11) is 0. The Bertz CT molecular complexity index is 398. The number of likely N-dealkylation sites (tertiary alicyclic amines) is 2. The first-order chi connectivity index (χ1) is 10.1. The van der Waals surface area contributed by atoms with Crippen molar-refractivity contribution in [3.63, 3.8) is 0 Å². The molecule has 1 N–H and O–H groups in total. The summed E-state index contributed by atoms with van der Waals surface area (Å²) in [4.78, 5) is 28.1. The van der Waals surface area contributed by atoms with Gasteiger partial charge in [0, 0.05) is 25.0 Å². The highest BCUT2D eigenvalue weighted by atomic mass is 16.4. The van der Waals surface area contributed by atoms with E-state index in [1.165, 1.54) is 25.9 Å². The van der Waals surface area contributed by atoms with E-state index in [1.54, 1.807) is 0 Å². The van der Waals surface area contributed by atoms with E-state index in [0.29, 0.717) is 18.9 Å². The number of carbonyl (C=O) groups excluding carboxylic acids is 1. The number of piperidine rings is 1. The van der Waals surface area contributed by atoms with Gasteiger partial charge >= 0.3 is 5.97 Å². The molecule has 0 aromatic carbocycles. The number of nitrogens with zero attached hydrogens (tertiary/aromatic N) is 2. The molecule has 5 nitrogen and oxygen atoms in total. The maximum absolute atomic E-state index is 12.5. The second-order valence-corrected chi connectivity index (χ2v) is 6.84. The van der Waals surface area contributed by atoms with Crippen LogP contribution in [0.5, 0.6) is 0 Å². The minimum Gasteiger partial charge on any atom is -0.481 e. The highest BCUT2D eigenvalue weighted by Gasteiger charge is 2.37. The third kappa shape index (κ3) is 3.23. The van der Waals surface area contributed by atoms with Crippen molar-refractivity contribution < 1.29 is 14.7 Å². The first kappa shape index (κ1) is 14.8. The summed E-state index contributed by atoms with van der Waals surface area (Å²) in [5.41, 5.74) is 0. The molecule has 0 spiro atoms. The predicted molar refractivity (Wildman–Crippen MR) is 78.9 cm³/mol. The Balaban J connectivity index is 1.48. The van der Waals surface area contributed by atoms with E-state index in [9.17, 15) is 9.59 Å². The normalized spacial score (nSPS) is 31.7. The van der Waals surface area contributed by atoms with Crippen LogP contribution in [-0.4, -0.2) is 59.0 Å². The van der Waals surface area contributed by atoms with E-state index in [2.05, 4.69) is 4.90 Å². The lowest BCUT2D eigenvalue weighted by atomic mass is 9.99. The fourth-order valence-electron chi connectivity index (χ4n) is 4.25. The first-order valence-electron chi connectivity index (χ1n) is 8.41. The Morgan fingerprint density at radius 1 is 0.857 bits per heavy atom. The number of carbonyl (C=O) groups is 2. The molecule has 2 saturated heterocycles. The minimum atomic E-state index is -0.738. The van der Waals surface area contributed by atoms with E-state index in [4.69, 9.17) is 5.11 Å². The van der Waals surface area contributed by atoms with Crippen LogP contribution in [-0.2, 0) is 9.59 Å². The molecule has 2 unspecified atom stereocenters. The molecule has 1 amide bonds. The molecule has 1 saturated carbocycles. The van der Waals surface area contributed by atoms with Crippen LogP contribution in [0.4, 0.5) is 0 Å². The third-order valence-electron chi connectivity index (χ3n) is 5.56. The highest BCUT2D eigenvalue weighted by molar-refractivity contribution is 5.81. The summed E-state index contributed by atoms with van der Waals surface area (Å²) in [5, 5.41) is 9.05. The van der Waals surface area contributed by atoms with E-state index in [-0.39, 0.29) is 17.7 Å². The molecule has 0 aromatic heterocycles. The van der Waals surface area contributed by atoms with E-state index >= 15 is 0 Å². The first-order valence-corrected chi connectivity index (χ1v) is 8.41. The third-order valence-corrected chi connectivity index (χ3v) is 5.56. The van der Waals surface area contributed by atoms with Crippen LogP contribution in [0.3, 0.4) is 0 Å². The zero-order valence-electron chi connectivity index (χ0n) is 12.7. The summed E-state index contributed by atoms with van der Waals surface area (Å²) in [6.07, 6.45) is 6.76. The smallest absolute Gasteiger partial charge is 0.306 e. The summed E-state index contributed by atoms with van der Waals surface area (Å²) < 4.78 is 0. The lowest BCUT2D eigenvalue weighted by Gasteiger charge is -2.37. The van der Waals surface area contributed by atoms with Gasteiger partial charge in [0.25, 0.3) is 0 Å². The standard InChI is InChI=1S/C16H26N2O3/c19-15(12-3-4-13(11-12)16(20)21)18-9-5-14(6-10-18)17-7-1-2-8-17/h12-14H,1-11H2,(H,20,21). The lowest BCUT2D eigenvalue weighted by Crippen LogP contribution is -2.47. The van der Waals surface area contributed by atoms with E-state index in [1.807, 2.05) is 4.90 Å². The summed E-state index contributed by atoms with van der Waals surface area (Å²) in [6, 6.07) is 0.659. The fraction of sp³-hybridized carbons (Fsp3) is 0.875. The molecule has 1 aliphatic carbocycles. The van der Waals surface area contributed by atoms with Gasteiger partial charge in [-0.15, -0.1) is 0 Å². The molecular formula is C16H26N2O3. The van der Waals surface area contributed by atoms with Crippen LogP contribution in [0.1, 0.15) is 44.9 Å². The Morgan fingerprint density at radius 2 is 1.48 bits per heavy atom. The molecule has 2 aliphatic heterocycles. The Morgan fingerprint density at radius 3 is 2.05 bits per heavy atom. The number of amides is 1. The van der Waals surface area contributed by atoms with Gasteiger partial charge in [-0.1, -0.05) is 0 Å². The second-order valence-electron chi connectivity index (χ2n) is 6.84. The summed E-state index contributed by atoms with van der Waals surface area (Å²) in [6.45, 7) is 4.16. The maximum atomic E-state index is 12.5. The topological polar surface area (TPSA) is 60.9 Å². The fourth-order valence-corrected chi connectivity index (χ4v) is 4.25. The van der Waals surface area contributed by atoms with Gasteiger partial charge in [-0.2, -0.15) is 0 Å². The van der Waals surface area contributed by atoms with Gasteiger partial charge in [0.2, 0.25) is 5.91 Å². The van der Waals surface area contributed by atoms with Crippen molar-refractivity contribution in [2.45, 2.75) is 51.0 Å². The van der Waals surface area contributed by atoms with Crippen LogP contribution in [0.25, 0.3) is 0 Å². The second kappa shape index (κ2) is 6.34. The maximum Gasteiger partial charge on any atom is 0.306 e. The van der Waals surface area contributed by atoms with Crippen LogP contribution < -0.4 is 0 Å². The average molecular weight is 294 g/mol. The molecule has 21 heavy (non-hydrogen) atoms. The van der Waals surface area contributed by atoms with Gasteiger partial charge in [-0.3, -0.25) is 9.59 Å².